The summed E-state index contributed by atoms with van der Waals surface area (Å²) in [4.78, 5) is 0. The van der Waals surface area contributed by atoms with Gasteiger partial charge in [-0.15, -0.1) is 0 Å². The van der Waals surface area contributed by atoms with Gasteiger partial charge >= 0.3 is 7.60 Å². The van der Waals surface area contributed by atoms with Crippen LogP contribution >= 0.6 is 7.60 Å². The molecule has 1 aliphatic rings. The van der Waals surface area contributed by atoms with Crippen LogP contribution in [0.1, 0.15) is 13.3 Å². The highest BCUT2D eigenvalue weighted by Gasteiger charge is 2.25. The van der Waals surface area contributed by atoms with Gasteiger partial charge in [0.25, 0.3) is 0 Å². The zero-order valence-corrected chi connectivity index (χ0v) is 6.56. The average molecular weight is 150 g/mol. The molecule has 0 radical (unpaired) electrons. The molecule has 0 saturated carbocycles. The molecule has 1 unspecified atom stereocenters. The maximum atomic E-state index is 11.0. The molecule has 54 valence electrons. The van der Waals surface area contributed by atoms with E-state index in [0.29, 0.717) is 6.61 Å². The molecule has 1 saturated heterocycles. The topological polar surface area (TPSA) is 35.5 Å². The Balaban J connectivity index is 2.51. The predicted molar refractivity (Wildman–Crippen MR) is 34.6 cm³/mol. The van der Waals surface area contributed by atoms with Gasteiger partial charge < -0.3 is 9.05 Å². The zero-order chi connectivity index (χ0) is 6.91. The van der Waals surface area contributed by atoms with E-state index < -0.39 is 7.60 Å². The van der Waals surface area contributed by atoms with Crippen molar-refractivity contribution in [3.63, 3.8) is 0 Å². The fourth-order valence-electron chi connectivity index (χ4n) is 0.794. The Morgan fingerprint density at radius 1 is 1.67 bits per heavy atom. The van der Waals surface area contributed by atoms with Crippen molar-refractivity contribution in [2.45, 2.75) is 19.4 Å². The number of rotatable bonds is 0. The summed E-state index contributed by atoms with van der Waals surface area (Å²) in [6, 6.07) is 0. The lowest BCUT2D eigenvalue weighted by Crippen LogP contribution is -2.16. The summed E-state index contributed by atoms with van der Waals surface area (Å²) in [6.45, 7) is 3.97. The molecule has 0 N–H and O–H groups in total. The molecule has 3 nitrogen and oxygen atoms in total. The second-order valence-electron chi connectivity index (χ2n) is 2.31. The minimum atomic E-state index is -2.64. The van der Waals surface area contributed by atoms with Crippen molar-refractivity contribution in [2.75, 3.05) is 13.3 Å². The van der Waals surface area contributed by atoms with Crippen molar-refractivity contribution in [1.82, 2.24) is 0 Å². The van der Waals surface area contributed by atoms with E-state index >= 15 is 0 Å². The summed E-state index contributed by atoms with van der Waals surface area (Å²) < 4.78 is 20.9. The third-order valence-corrected chi connectivity index (χ3v) is 2.62. The molecule has 0 aliphatic carbocycles. The summed E-state index contributed by atoms with van der Waals surface area (Å²) in [5, 5.41) is 0. The van der Waals surface area contributed by atoms with Gasteiger partial charge in [-0.1, -0.05) is 0 Å². The van der Waals surface area contributed by atoms with Gasteiger partial charge in [0.15, 0.2) is 0 Å². The first kappa shape index (κ1) is 7.26. The molecule has 2 atom stereocenters. The summed E-state index contributed by atoms with van der Waals surface area (Å²) >= 11 is 0. The normalized spacial score (nSPS) is 44.9. The Bertz CT molecular complexity index is 145. The first-order valence-corrected chi connectivity index (χ1v) is 4.99. The lowest BCUT2D eigenvalue weighted by Gasteiger charge is -2.24. The van der Waals surface area contributed by atoms with E-state index in [-0.39, 0.29) is 6.10 Å². The molecular weight excluding hydrogens is 139 g/mol. The van der Waals surface area contributed by atoms with E-state index in [1.165, 1.54) is 6.66 Å². The molecule has 0 spiro atoms. The second-order valence-corrected chi connectivity index (χ2v) is 4.32. The van der Waals surface area contributed by atoms with E-state index in [0.717, 1.165) is 6.42 Å². The van der Waals surface area contributed by atoms with Crippen LogP contribution in [-0.2, 0) is 13.6 Å². The highest BCUT2D eigenvalue weighted by atomic mass is 31.2. The standard InChI is InChI=1S/C5H11O3P/c1-5-3-4-7-9(2,6)8-5/h5H,3-4H2,1-2H3/t5-,9?/m1/s1. The Morgan fingerprint density at radius 3 is 2.67 bits per heavy atom. The smallest absolute Gasteiger partial charge is 0.309 e. The SMILES string of the molecule is C[C@@H]1CCOP(C)(=O)O1. The second kappa shape index (κ2) is 2.41. The van der Waals surface area contributed by atoms with E-state index in [1.807, 2.05) is 6.92 Å². The fraction of sp³-hybridized carbons (Fsp3) is 1.00. The quantitative estimate of drug-likeness (QED) is 0.492. The lowest BCUT2D eigenvalue weighted by molar-refractivity contribution is 0.0957. The predicted octanol–water partition coefficient (Wildman–Crippen LogP) is 1.63. The van der Waals surface area contributed by atoms with Crippen LogP contribution in [0.25, 0.3) is 0 Å². The Labute approximate surface area is 54.9 Å². The van der Waals surface area contributed by atoms with Crippen molar-refractivity contribution < 1.29 is 13.6 Å². The molecule has 0 amide bonds. The maximum Gasteiger partial charge on any atom is 0.327 e. The molecule has 0 aromatic heterocycles. The summed E-state index contributed by atoms with van der Waals surface area (Å²) in [5.41, 5.74) is 0. The monoisotopic (exact) mass is 150 g/mol. The van der Waals surface area contributed by atoms with E-state index in [4.69, 9.17) is 9.05 Å². The maximum absolute atomic E-state index is 11.0. The highest BCUT2D eigenvalue weighted by molar-refractivity contribution is 7.53. The minimum absolute atomic E-state index is 0.0922. The van der Waals surface area contributed by atoms with E-state index in [2.05, 4.69) is 0 Å². The van der Waals surface area contributed by atoms with Crippen LogP contribution < -0.4 is 0 Å². The fourth-order valence-corrected chi connectivity index (χ4v) is 2.05. The number of hydrogen-bond acceptors (Lipinski definition) is 3. The lowest BCUT2D eigenvalue weighted by atomic mass is 10.3. The van der Waals surface area contributed by atoms with Gasteiger partial charge in [-0.3, -0.25) is 4.57 Å². The highest BCUT2D eigenvalue weighted by Crippen LogP contribution is 2.48. The van der Waals surface area contributed by atoms with Gasteiger partial charge in [-0.25, -0.2) is 0 Å². The summed E-state index contributed by atoms with van der Waals surface area (Å²) in [6.07, 6.45) is 0.937. The van der Waals surface area contributed by atoms with Crippen LogP contribution in [0.4, 0.5) is 0 Å². The van der Waals surface area contributed by atoms with Gasteiger partial charge in [-0.05, 0) is 13.3 Å². The Morgan fingerprint density at radius 2 is 2.33 bits per heavy atom. The first-order valence-electron chi connectivity index (χ1n) is 3.00. The van der Waals surface area contributed by atoms with Gasteiger partial charge in [0.1, 0.15) is 0 Å². The molecule has 4 heteroatoms. The van der Waals surface area contributed by atoms with Gasteiger partial charge in [0.05, 0.1) is 12.7 Å². The van der Waals surface area contributed by atoms with Crippen molar-refractivity contribution in [2.24, 2.45) is 0 Å². The average Bonchev–Trinajstić information content (AvgIpc) is 1.60. The molecule has 9 heavy (non-hydrogen) atoms. The third-order valence-electron chi connectivity index (χ3n) is 1.22. The van der Waals surface area contributed by atoms with Crippen LogP contribution in [0.3, 0.4) is 0 Å². The van der Waals surface area contributed by atoms with Crippen LogP contribution in [-0.4, -0.2) is 19.4 Å². The zero-order valence-electron chi connectivity index (χ0n) is 5.66. The molecule has 1 fully saturated rings. The third kappa shape index (κ3) is 2.09. The van der Waals surface area contributed by atoms with Gasteiger partial charge in [0.2, 0.25) is 0 Å². The van der Waals surface area contributed by atoms with Crippen molar-refractivity contribution >= 4 is 7.60 Å². The van der Waals surface area contributed by atoms with Gasteiger partial charge in [-0.2, -0.15) is 0 Å². The molecule has 1 aliphatic heterocycles. The van der Waals surface area contributed by atoms with E-state index in [9.17, 15) is 4.57 Å². The number of hydrogen-bond donors (Lipinski definition) is 0. The van der Waals surface area contributed by atoms with Crippen LogP contribution in [0.5, 0.6) is 0 Å². The molecular formula is C5H11O3P. The minimum Gasteiger partial charge on any atom is -0.309 e. The first-order chi connectivity index (χ1) is 4.10. The summed E-state index contributed by atoms with van der Waals surface area (Å²) in [7, 11) is -2.64. The Kier molecular flexibility index (Phi) is 1.94. The molecule has 0 bridgehead atoms. The van der Waals surface area contributed by atoms with Gasteiger partial charge in [0, 0.05) is 6.66 Å². The van der Waals surface area contributed by atoms with Crippen molar-refractivity contribution in [3.8, 4) is 0 Å². The van der Waals surface area contributed by atoms with E-state index in [1.54, 1.807) is 0 Å². The van der Waals surface area contributed by atoms with Crippen molar-refractivity contribution in [3.05, 3.63) is 0 Å². The Hall–Kier alpha value is 0.150. The van der Waals surface area contributed by atoms with Crippen LogP contribution in [0, 0.1) is 0 Å². The molecule has 0 aromatic carbocycles. The summed E-state index contributed by atoms with van der Waals surface area (Å²) in [5.74, 6) is 0. The largest absolute Gasteiger partial charge is 0.327 e. The van der Waals surface area contributed by atoms with Crippen LogP contribution in [0.15, 0.2) is 0 Å². The van der Waals surface area contributed by atoms with Crippen molar-refractivity contribution in [1.29, 1.82) is 0 Å². The molecule has 0 aromatic rings. The molecule has 1 heterocycles. The van der Waals surface area contributed by atoms with Crippen LogP contribution in [0.2, 0.25) is 0 Å². The molecule has 1 rings (SSSR count).